The van der Waals surface area contributed by atoms with Crippen LogP contribution in [0.2, 0.25) is 0 Å². The Bertz CT molecular complexity index is 592. The van der Waals surface area contributed by atoms with Gasteiger partial charge in [0.1, 0.15) is 11.5 Å². The van der Waals surface area contributed by atoms with Crippen LogP contribution in [0.4, 0.5) is 0 Å². The largest absolute Gasteiger partial charge is 0.507 e. The van der Waals surface area contributed by atoms with E-state index in [1.54, 1.807) is 12.1 Å². The number of aromatic hydroxyl groups is 2. The van der Waals surface area contributed by atoms with E-state index in [1.165, 1.54) is 11.1 Å². The molecule has 0 bridgehead atoms. The van der Waals surface area contributed by atoms with Crippen molar-refractivity contribution in [3.63, 3.8) is 0 Å². The molecule has 0 heterocycles. The zero-order valence-corrected chi connectivity index (χ0v) is 12.4. The van der Waals surface area contributed by atoms with Crippen LogP contribution in [-0.4, -0.2) is 10.2 Å². The summed E-state index contributed by atoms with van der Waals surface area (Å²) in [6.07, 6.45) is 2.73. The Hall–Kier alpha value is -1.96. The molecule has 0 aliphatic carbocycles. The third-order valence-corrected chi connectivity index (χ3v) is 3.82. The molecule has 2 aromatic rings. The Morgan fingerprint density at radius 3 is 1.85 bits per heavy atom. The van der Waals surface area contributed by atoms with E-state index in [1.807, 2.05) is 13.0 Å². The Kier molecular flexibility index (Phi) is 4.33. The van der Waals surface area contributed by atoms with Gasteiger partial charge in [0.15, 0.2) is 0 Å². The lowest BCUT2D eigenvalue weighted by atomic mass is 9.94. The highest BCUT2D eigenvalue weighted by Gasteiger charge is 2.13. The minimum atomic E-state index is 0.146. The normalized spacial score (nSPS) is 10.8. The molecule has 2 N–H and O–H groups in total. The van der Waals surface area contributed by atoms with Gasteiger partial charge in [-0.05, 0) is 53.6 Å². The van der Waals surface area contributed by atoms with Crippen LogP contribution in [-0.2, 0) is 19.3 Å². The third kappa shape index (κ3) is 2.64. The molecule has 0 aromatic heterocycles. The molecule has 2 heteroatoms. The molecule has 106 valence electrons. The second-order valence-corrected chi connectivity index (χ2v) is 5.05. The molecule has 0 amide bonds. The van der Waals surface area contributed by atoms with E-state index in [-0.39, 0.29) is 11.5 Å². The van der Waals surface area contributed by atoms with Crippen LogP contribution in [0.3, 0.4) is 0 Å². The molecule has 0 saturated carbocycles. The van der Waals surface area contributed by atoms with Crippen LogP contribution in [0.25, 0.3) is 11.1 Å². The van der Waals surface area contributed by atoms with Crippen LogP contribution in [0.5, 0.6) is 11.5 Å². The van der Waals surface area contributed by atoms with Crippen molar-refractivity contribution in [3.05, 3.63) is 47.0 Å². The van der Waals surface area contributed by atoms with Crippen molar-refractivity contribution in [2.24, 2.45) is 0 Å². The molecule has 0 fully saturated rings. The van der Waals surface area contributed by atoms with Crippen LogP contribution in [0.1, 0.15) is 37.5 Å². The van der Waals surface area contributed by atoms with Gasteiger partial charge >= 0.3 is 0 Å². The number of hydrogen-bond donors (Lipinski definition) is 2. The number of benzene rings is 2. The minimum absolute atomic E-state index is 0.146. The van der Waals surface area contributed by atoms with Gasteiger partial charge in [0.2, 0.25) is 0 Å². The summed E-state index contributed by atoms with van der Waals surface area (Å²) in [6.45, 7) is 6.26. The Balaban J connectivity index is 2.57. The highest BCUT2D eigenvalue weighted by Crippen LogP contribution is 2.39. The number of phenols is 2. The second-order valence-electron chi connectivity index (χ2n) is 5.05. The van der Waals surface area contributed by atoms with E-state index in [4.69, 9.17) is 0 Å². The van der Waals surface area contributed by atoms with Crippen molar-refractivity contribution in [1.29, 1.82) is 0 Å². The first-order valence-electron chi connectivity index (χ1n) is 7.27. The zero-order chi connectivity index (χ0) is 14.7. The molecule has 2 aromatic carbocycles. The monoisotopic (exact) mass is 270 g/mol. The molecule has 2 rings (SSSR count). The van der Waals surface area contributed by atoms with Gasteiger partial charge in [0.05, 0.1) is 5.56 Å². The summed E-state index contributed by atoms with van der Waals surface area (Å²) in [7, 11) is 0. The van der Waals surface area contributed by atoms with Gasteiger partial charge in [0.25, 0.3) is 0 Å². The van der Waals surface area contributed by atoms with Crippen LogP contribution in [0.15, 0.2) is 30.3 Å². The first kappa shape index (κ1) is 14.4. The summed E-state index contributed by atoms with van der Waals surface area (Å²) in [5, 5.41) is 20.4. The summed E-state index contributed by atoms with van der Waals surface area (Å²) in [5.74, 6) is 0.293. The molecule has 2 nitrogen and oxygen atoms in total. The molecule has 0 spiro atoms. The van der Waals surface area contributed by atoms with Gasteiger partial charge < -0.3 is 10.2 Å². The molecule has 0 aliphatic rings. The van der Waals surface area contributed by atoms with E-state index in [0.717, 1.165) is 30.4 Å². The topological polar surface area (TPSA) is 40.5 Å². The fourth-order valence-electron chi connectivity index (χ4n) is 2.62. The van der Waals surface area contributed by atoms with Crippen LogP contribution < -0.4 is 0 Å². The number of rotatable bonds is 4. The lowest BCUT2D eigenvalue weighted by Gasteiger charge is -2.13. The molecule has 0 radical (unpaired) electrons. The Morgan fingerprint density at radius 2 is 1.35 bits per heavy atom. The molecular weight excluding hydrogens is 248 g/mol. The average molecular weight is 270 g/mol. The first-order valence-corrected chi connectivity index (χ1v) is 7.27. The number of aryl methyl sites for hydroxylation is 3. The summed E-state index contributed by atoms with van der Waals surface area (Å²) in [4.78, 5) is 0. The van der Waals surface area contributed by atoms with Gasteiger partial charge in [-0.15, -0.1) is 0 Å². The number of phenolic OH excluding ortho intramolecular Hbond substituents is 2. The van der Waals surface area contributed by atoms with Crippen molar-refractivity contribution >= 4 is 0 Å². The SMILES string of the molecule is CCc1cc(O)c(-c2ccc(CC)c(CC)c2)c(O)c1. The quantitative estimate of drug-likeness (QED) is 0.861. The van der Waals surface area contributed by atoms with Crippen molar-refractivity contribution in [2.75, 3.05) is 0 Å². The van der Waals surface area contributed by atoms with Crippen molar-refractivity contribution < 1.29 is 10.2 Å². The fourth-order valence-corrected chi connectivity index (χ4v) is 2.62. The molecule has 20 heavy (non-hydrogen) atoms. The van der Waals surface area contributed by atoms with Gasteiger partial charge in [-0.25, -0.2) is 0 Å². The lowest BCUT2D eigenvalue weighted by Crippen LogP contribution is -1.92. The van der Waals surface area contributed by atoms with Crippen molar-refractivity contribution in [1.82, 2.24) is 0 Å². The van der Waals surface area contributed by atoms with Crippen molar-refractivity contribution in [3.8, 4) is 22.6 Å². The van der Waals surface area contributed by atoms with Gasteiger partial charge in [-0.3, -0.25) is 0 Å². The van der Waals surface area contributed by atoms with Crippen LogP contribution >= 0.6 is 0 Å². The third-order valence-electron chi connectivity index (χ3n) is 3.82. The maximum atomic E-state index is 10.2. The lowest BCUT2D eigenvalue weighted by molar-refractivity contribution is 0.453. The maximum absolute atomic E-state index is 10.2. The van der Waals surface area contributed by atoms with E-state index < -0.39 is 0 Å². The smallest absolute Gasteiger partial charge is 0.127 e. The molecule has 0 aliphatic heterocycles. The van der Waals surface area contributed by atoms with Gasteiger partial charge in [0, 0.05) is 0 Å². The predicted molar refractivity (Wildman–Crippen MR) is 83.3 cm³/mol. The fraction of sp³-hybridized carbons (Fsp3) is 0.333. The predicted octanol–water partition coefficient (Wildman–Crippen LogP) is 4.45. The first-order chi connectivity index (χ1) is 9.60. The number of hydrogen-bond acceptors (Lipinski definition) is 2. The molecule has 0 atom stereocenters. The Labute approximate surface area is 120 Å². The zero-order valence-electron chi connectivity index (χ0n) is 12.4. The van der Waals surface area contributed by atoms with Gasteiger partial charge in [-0.1, -0.05) is 39.0 Å². The second kappa shape index (κ2) is 6.00. The summed E-state index contributed by atoms with van der Waals surface area (Å²) in [6, 6.07) is 9.58. The molecule has 0 saturated heterocycles. The average Bonchev–Trinajstić information content (AvgIpc) is 2.46. The standard InChI is InChI=1S/C18H22O2/c1-4-12-9-16(19)18(17(20)10-12)15-8-7-13(5-2)14(6-3)11-15/h7-11,19-20H,4-6H2,1-3H3. The summed E-state index contributed by atoms with van der Waals surface area (Å²) in [5.41, 5.74) is 4.92. The Morgan fingerprint density at radius 1 is 0.750 bits per heavy atom. The highest BCUT2D eigenvalue weighted by atomic mass is 16.3. The minimum Gasteiger partial charge on any atom is -0.507 e. The van der Waals surface area contributed by atoms with Gasteiger partial charge in [-0.2, -0.15) is 0 Å². The van der Waals surface area contributed by atoms with E-state index in [2.05, 4.69) is 26.0 Å². The molecular formula is C18H22O2. The molecule has 0 unspecified atom stereocenters. The maximum Gasteiger partial charge on any atom is 0.127 e. The van der Waals surface area contributed by atoms with Crippen LogP contribution in [0, 0.1) is 0 Å². The van der Waals surface area contributed by atoms with E-state index in [9.17, 15) is 10.2 Å². The van der Waals surface area contributed by atoms with Crippen molar-refractivity contribution in [2.45, 2.75) is 40.0 Å². The summed E-state index contributed by atoms with van der Waals surface area (Å²) < 4.78 is 0. The van der Waals surface area contributed by atoms with E-state index in [0.29, 0.717) is 5.56 Å². The van der Waals surface area contributed by atoms with E-state index >= 15 is 0 Å². The summed E-state index contributed by atoms with van der Waals surface area (Å²) >= 11 is 0. The highest BCUT2D eigenvalue weighted by molar-refractivity contribution is 5.77.